The fraction of sp³-hybridized carbons (Fsp3) is 0.600. The van der Waals surface area contributed by atoms with Crippen LogP contribution in [0.25, 0.3) is 0 Å². The highest BCUT2D eigenvalue weighted by molar-refractivity contribution is 5.54. The van der Waals surface area contributed by atoms with Gasteiger partial charge in [-0.25, -0.2) is 0 Å². The Labute approximate surface area is 109 Å². The molecule has 1 heterocycles. The molecule has 100 valence electrons. The maximum Gasteiger partial charge on any atom is 0.0781 e. The van der Waals surface area contributed by atoms with E-state index in [1.54, 1.807) is 0 Å². The highest BCUT2D eigenvalue weighted by atomic mass is 16.3. The molecule has 0 amide bonds. The lowest BCUT2D eigenvalue weighted by Crippen LogP contribution is -2.36. The van der Waals surface area contributed by atoms with Crippen molar-refractivity contribution < 1.29 is 10.2 Å². The van der Waals surface area contributed by atoms with Crippen LogP contribution in [0.4, 0.5) is 5.69 Å². The van der Waals surface area contributed by atoms with Crippen molar-refractivity contribution in [2.75, 3.05) is 24.6 Å². The summed E-state index contributed by atoms with van der Waals surface area (Å²) in [6.07, 6.45) is 2.82. The summed E-state index contributed by atoms with van der Waals surface area (Å²) in [4.78, 5) is 2.35. The number of para-hydroxylation sites is 1. The Hall–Kier alpha value is -1.06. The number of benzene rings is 1. The van der Waals surface area contributed by atoms with Crippen LogP contribution >= 0.6 is 0 Å². The second-order valence-electron chi connectivity index (χ2n) is 5.20. The largest absolute Gasteiger partial charge is 0.396 e. The van der Waals surface area contributed by atoms with Gasteiger partial charge in [-0.1, -0.05) is 18.2 Å². The molecule has 2 atom stereocenters. The van der Waals surface area contributed by atoms with E-state index in [9.17, 15) is 5.11 Å². The number of aliphatic hydroxyl groups is 2. The number of anilines is 1. The molecule has 0 saturated carbocycles. The fourth-order valence-corrected chi connectivity index (χ4v) is 2.83. The Morgan fingerprint density at radius 1 is 1.39 bits per heavy atom. The van der Waals surface area contributed by atoms with Crippen molar-refractivity contribution in [3.63, 3.8) is 0 Å². The van der Waals surface area contributed by atoms with Crippen LogP contribution in [0.15, 0.2) is 24.3 Å². The summed E-state index contributed by atoms with van der Waals surface area (Å²) in [6.45, 7) is 4.13. The zero-order valence-corrected chi connectivity index (χ0v) is 11.0. The van der Waals surface area contributed by atoms with E-state index in [1.165, 1.54) is 12.8 Å². The van der Waals surface area contributed by atoms with Crippen LogP contribution < -0.4 is 4.90 Å². The first kappa shape index (κ1) is 13.4. The number of hydrogen-bond donors (Lipinski definition) is 2. The van der Waals surface area contributed by atoms with Crippen LogP contribution in [-0.4, -0.2) is 29.9 Å². The van der Waals surface area contributed by atoms with Gasteiger partial charge >= 0.3 is 0 Å². The van der Waals surface area contributed by atoms with Gasteiger partial charge in [-0.2, -0.15) is 0 Å². The SMILES string of the molecule is C[C@@H](O)c1ccccc1N1CCCC(CCO)C1. The van der Waals surface area contributed by atoms with Gasteiger partial charge in [0.15, 0.2) is 0 Å². The van der Waals surface area contributed by atoms with E-state index in [0.717, 1.165) is 30.8 Å². The minimum atomic E-state index is -0.431. The topological polar surface area (TPSA) is 43.7 Å². The monoisotopic (exact) mass is 249 g/mol. The first-order chi connectivity index (χ1) is 8.72. The Balaban J connectivity index is 2.15. The van der Waals surface area contributed by atoms with E-state index in [0.29, 0.717) is 5.92 Å². The van der Waals surface area contributed by atoms with Gasteiger partial charge in [0.05, 0.1) is 6.10 Å². The molecule has 0 radical (unpaired) electrons. The van der Waals surface area contributed by atoms with Gasteiger partial charge in [-0.05, 0) is 38.2 Å². The van der Waals surface area contributed by atoms with Crippen LogP contribution in [0.1, 0.15) is 37.9 Å². The van der Waals surface area contributed by atoms with Crippen molar-refractivity contribution >= 4 is 5.69 Å². The molecule has 2 rings (SSSR count). The summed E-state index contributed by atoms with van der Waals surface area (Å²) in [5.41, 5.74) is 2.15. The van der Waals surface area contributed by atoms with Gasteiger partial charge in [0, 0.05) is 30.9 Å². The molecule has 3 nitrogen and oxygen atoms in total. The highest BCUT2D eigenvalue weighted by Gasteiger charge is 2.22. The second kappa shape index (κ2) is 6.21. The molecule has 1 aliphatic rings. The van der Waals surface area contributed by atoms with Crippen LogP contribution in [0.3, 0.4) is 0 Å². The van der Waals surface area contributed by atoms with Crippen molar-refractivity contribution in [2.24, 2.45) is 5.92 Å². The van der Waals surface area contributed by atoms with E-state index < -0.39 is 6.10 Å². The Bertz CT molecular complexity index is 377. The predicted molar refractivity (Wildman–Crippen MR) is 73.7 cm³/mol. The molecule has 0 spiro atoms. The lowest BCUT2D eigenvalue weighted by Gasteiger charge is -2.35. The van der Waals surface area contributed by atoms with E-state index in [2.05, 4.69) is 11.0 Å². The summed E-state index contributed by atoms with van der Waals surface area (Å²) < 4.78 is 0. The van der Waals surface area contributed by atoms with Gasteiger partial charge in [0.1, 0.15) is 0 Å². The van der Waals surface area contributed by atoms with Crippen molar-refractivity contribution in [3.8, 4) is 0 Å². The third-order valence-corrected chi connectivity index (χ3v) is 3.78. The summed E-state index contributed by atoms with van der Waals surface area (Å²) in [5, 5.41) is 18.9. The number of piperidine rings is 1. The van der Waals surface area contributed by atoms with Crippen LogP contribution in [-0.2, 0) is 0 Å². The van der Waals surface area contributed by atoms with E-state index in [4.69, 9.17) is 5.11 Å². The molecule has 18 heavy (non-hydrogen) atoms. The molecule has 0 aliphatic carbocycles. The molecular weight excluding hydrogens is 226 g/mol. The number of aliphatic hydroxyl groups excluding tert-OH is 2. The minimum absolute atomic E-state index is 0.274. The van der Waals surface area contributed by atoms with Crippen molar-refractivity contribution in [1.29, 1.82) is 0 Å². The molecule has 0 bridgehead atoms. The molecule has 2 N–H and O–H groups in total. The van der Waals surface area contributed by atoms with Crippen LogP contribution in [0.5, 0.6) is 0 Å². The number of rotatable bonds is 4. The molecule has 3 heteroatoms. The third kappa shape index (κ3) is 3.03. The van der Waals surface area contributed by atoms with Crippen molar-refractivity contribution in [2.45, 2.75) is 32.3 Å². The van der Waals surface area contributed by atoms with Crippen molar-refractivity contribution in [1.82, 2.24) is 0 Å². The van der Waals surface area contributed by atoms with Crippen molar-refractivity contribution in [3.05, 3.63) is 29.8 Å². The molecule has 1 unspecified atom stereocenters. The fourth-order valence-electron chi connectivity index (χ4n) is 2.83. The van der Waals surface area contributed by atoms with E-state index >= 15 is 0 Å². The number of nitrogens with zero attached hydrogens (tertiary/aromatic N) is 1. The zero-order valence-electron chi connectivity index (χ0n) is 11.0. The quantitative estimate of drug-likeness (QED) is 0.861. The Morgan fingerprint density at radius 3 is 2.89 bits per heavy atom. The molecule has 1 aliphatic heterocycles. The third-order valence-electron chi connectivity index (χ3n) is 3.78. The minimum Gasteiger partial charge on any atom is -0.396 e. The molecule has 1 aromatic rings. The number of hydrogen-bond acceptors (Lipinski definition) is 3. The van der Waals surface area contributed by atoms with Gasteiger partial charge < -0.3 is 15.1 Å². The first-order valence-corrected chi connectivity index (χ1v) is 6.85. The van der Waals surface area contributed by atoms with Gasteiger partial charge in [-0.15, -0.1) is 0 Å². The standard InChI is InChI=1S/C15H23NO2/c1-12(18)14-6-2-3-7-15(14)16-9-4-5-13(11-16)8-10-17/h2-3,6-7,12-13,17-18H,4-5,8-11H2,1H3/t12-,13?/m1/s1. The molecule has 1 aromatic carbocycles. The second-order valence-corrected chi connectivity index (χ2v) is 5.20. The van der Waals surface area contributed by atoms with Crippen LogP contribution in [0, 0.1) is 5.92 Å². The maximum atomic E-state index is 9.84. The molecule has 1 saturated heterocycles. The first-order valence-electron chi connectivity index (χ1n) is 6.85. The summed E-state index contributed by atoms with van der Waals surface area (Å²) >= 11 is 0. The smallest absolute Gasteiger partial charge is 0.0781 e. The normalized spacial score (nSPS) is 21.9. The zero-order chi connectivity index (χ0) is 13.0. The maximum absolute atomic E-state index is 9.84. The average Bonchev–Trinajstić information content (AvgIpc) is 2.39. The molecule has 1 fully saturated rings. The van der Waals surface area contributed by atoms with E-state index in [-0.39, 0.29) is 6.61 Å². The summed E-state index contributed by atoms with van der Waals surface area (Å²) in [5.74, 6) is 0.575. The van der Waals surface area contributed by atoms with Gasteiger partial charge in [0.2, 0.25) is 0 Å². The molecular formula is C15H23NO2. The van der Waals surface area contributed by atoms with Crippen LogP contribution in [0.2, 0.25) is 0 Å². The summed E-state index contributed by atoms with van der Waals surface area (Å²) in [7, 11) is 0. The lowest BCUT2D eigenvalue weighted by atomic mass is 9.94. The summed E-state index contributed by atoms with van der Waals surface area (Å²) in [6, 6.07) is 8.08. The van der Waals surface area contributed by atoms with Gasteiger partial charge in [-0.3, -0.25) is 0 Å². The lowest BCUT2D eigenvalue weighted by molar-refractivity contribution is 0.199. The Morgan fingerprint density at radius 2 is 2.17 bits per heavy atom. The predicted octanol–water partition coefficient (Wildman–Crippen LogP) is 2.34. The molecule has 0 aromatic heterocycles. The Kier molecular flexibility index (Phi) is 4.61. The average molecular weight is 249 g/mol. The highest BCUT2D eigenvalue weighted by Crippen LogP contribution is 2.30. The van der Waals surface area contributed by atoms with Gasteiger partial charge in [0.25, 0.3) is 0 Å². The van der Waals surface area contributed by atoms with E-state index in [1.807, 2.05) is 25.1 Å².